The van der Waals surface area contributed by atoms with Gasteiger partial charge in [-0.1, -0.05) is 0 Å². The number of carbonyl (C=O) groups is 3. The number of nitrogens with zero attached hydrogens (tertiary/aromatic N) is 3. The van der Waals surface area contributed by atoms with Crippen molar-refractivity contribution >= 4 is 23.7 Å². The molecular formula is C19H20N4O6. The fourth-order valence-electron chi connectivity index (χ4n) is 3.46. The molecule has 4 heterocycles. The van der Waals surface area contributed by atoms with E-state index >= 15 is 0 Å². The molecule has 29 heavy (non-hydrogen) atoms. The molecule has 2 aliphatic heterocycles. The highest BCUT2D eigenvalue weighted by Gasteiger charge is 2.43. The van der Waals surface area contributed by atoms with Crippen LogP contribution in [0.5, 0.6) is 0 Å². The summed E-state index contributed by atoms with van der Waals surface area (Å²) in [5.74, 6) is -1.44. The van der Waals surface area contributed by atoms with Crippen molar-refractivity contribution in [3.05, 3.63) is 48.3 Å². The Labute approximate surface area is 166 Å². The van der Waals surface area contributed by atoms with Crippen LogP contribution < -0.4 is 5.32 Å². The van der Waals surface area contributed by atoms with Crippen molar-refractivity contribution in [3.63, 3.8) is 0 Å². The van der Waals surface area contributed by atoms with Crippen LogP contribution in [0.2, 0.25) is 0 Å². The fraction of sp³-hybridized carbons (Fsp3) is 0.368. The molecule has 2 amide bonds. The standard InChI is InChI=1S/C19H20N4O6/c1-27-18(26)14-15(12-4-2-10-28-12)20-19(21-16(14)24)23-8-6-22(7-9-23)17(25)13-5-3-11-29-13/h2-5,10-11,14-15H,6-9H2,1H3,(H,20,21,24). The smallest absolute Gasteiger partial charge is 0.320 e. The lowest BCUT2D eigenvalue weighted by Crippen LogP contribution is -2.58. The molecule has 0 saturated carbocycles. The van der Waals surface area contributed by atoms with E-state index in [1.807, 2.05) is 4.90 Å². The minimum absolute atomic E-state index is 0.177. The van der Waals surface area contributed by atoms with Crippen LogP contribution in [0.4, 0.5) is 0 Å². The number of amides is 2. The average Bonchev–Trinajstić information content (AvgIpc) is 3.46. The number of guanidine groups is 1. The predicted octanol–water partition coefficient (Wildman–Crippen LogP) is 0.647. The fourth-order valence-corrected chi connectivity index (χ4v) is 3.46. The molecule has 2 aromatic rings. The molecule has 1 saturated heterocycles. The maximum atomic E-state index is 12.6. The average molecular weight is 400 g/mol. The first kappa shape index (κ1) is 18.8. The van der Waals surface area contributed by atoms with E-state index in [1.54, 1.807) is 29.2 Å². The molecule has 10 nitrogen and oxygen atoms in total. The third-order valence-corrected chi connectivity index (χ3v) is 4.98. The highest BCUT2D eigenvalue weighted by Crippen LogP contribution is 2.31. The Morgan fingerprint density at radius 1 is 1.14 bits per heavy atom. The summed E-state index contributed by atoms with van der Waals surface area (Å²) in [5, 5.41) is 2.69. The van der Waals surface area contributed by atoms with Gasteiger partial charge in [0.1, 0.15) is 11.8 Å². The summed E-state index contributed by atoms with van der Waals surface area (Å²) in [6, 6.07) is 5.82. The maximum absolute atomic E-state index is 12.6. The van der Waals surface area contributed by atoms with Crippen LogP contribution in [-0.2, 0) is 14.3 Å². The first-order chi connectivity index (χ1) is 14.1. The van der Waals surface area contributed by atoms with Gasteiger partial charge in [0.25, 0.3) is 5.91 Å². The van der Waals surface area contributed by atoms with Gasteiger partial charge in [-0.2, -0.15) is 0 Å². The van der Waals surface area contributed by atoms with Crippen LogP contribution in [0.15, 0.2) is 50.6 Å². The monoisotopic (exact) mass is 400 g/mol. The van der Waals surface area contributed by atoms with E-state index in [-0.39, 0.29) is 5.91 Å². The van der Waals surface area contributed by atoms with Crippen LogP contribution >= 0.6 is 0 Å². The number of carbonyl (C=O) groups excluding carboxylic acids is 3. The largest absolute Gasteiger partial charge is 0.468 e. The lowest BCUT2D eigenvalue weighted by molar-refractivity contribution is -0.151. The Hall–Kier alpha value is -3.56. The third kappa shape index (κ3) is 3.60. The lowest BCUT2D eigenvalue weighted by atomic mass is 9.95. The Bertz CT molecular complexity index is 913. The summed E-state index contributed by atoms with van der Waals surface area (Å²) in [7, 11) is 1.23. The summed E-state index contributed by atoms with van der Waals surface area (Å²) >= 11 is 0. The molecule has 4 rings (SSSR count). The number of methoxy groups -OCH3 is 1. The molecule has 0 radical (unpaired) electrons. The van der Waals surface area contributed by atoms with Crippen molar-refractivity contribution in [2.75, 3.05) is 33.3 Å². The number of hydrogen-bond donors (Lipinski definition) is 1. The molecule has 0 aromatic carbocycles. The van der Waals surface area contributed by atoms with Crippen LogP contribution in [0.3, 0.4) is 0 Å². The normalized spacial score (nSPS) is 22.1. The van der Waals surface area contributed by atoms with E-state index in [2.05, 4.69) is 10.3 Å². The highest BCUT2D eigenvalue weighted by molar-refractivity contribution is 6.08. The van der Waals surface area contributed by atoms with Gasteiger partial charge in [-0.25, -0.2) is 4.99 Å². The minimum Gasteiger partial charge on any atom is -0.468 e. The van der Waals surface area contributed by atoms with Crippen LogP contribution in [0.25, 0.3) is 0 Å². The molecule has 1 fully saturated rings. The summed E-state index contributed by atoms with van der Waals surface area (Å²) < 4.78 is 15.3. The number of rotatable bonds is 3. The first-order valence-corrected chi connectivity index (χ1v) is 9.16. The maximum Gasteiger partial charge on any atom is 0.320 e. The van der Waals surface area contributed by atoms with E-state index in [4.69, 9.17) is 13.6 Å². The Morgan fingerprint density at radius 2 is 1.86 bits per heavy atom. The zero-order chi connectivity index (χ0) is 20.4. The number of ether oxygens (including phenoxy) is 1. The minimum atomic E-state index is -1.13. The molecule has 10 heteroatoms. The molecule has 0 bridgehead atoms. The SMILES string of the molecule is COC(=O)C1C(=O)NC(N2CCN(C(=O)c3ccco3)CC2)=NC1c1ccco1. The predicted molar refractivity (Wildman–Crippen MR) is 98.7 cm³/mol. The third-order valence-electron chi connectivity index (χ3n) is 4.98. The van der Waals surface area contributed by atoms with Gasteiger partial charge in [-0.3, -0.25) is 19.7 Å². The summed E-state index contributed by atoms with van der Waals surface area (Å²) in [6.07, 6.45) is 2.92. The number of nitrogens with one attached hydrogen (secondary N) is 1. The molecule has 0 spiro atoms. The van der Waals surface area contributed by atoms with Gasteiger partial charge in [-0.15, -0.1) is 0 Å². The second kappa shape index (κ2) is 7.82. The van der Waals surface area contributed by atoms with Crippen LogP contribution in [0, 0.1) is 5.92 Å². The number of piperazine rings is 1. The number of aliphatic imine (C=N–C) groups is 1. The molecule has 1 N–H and O–H groups in total. The van der Waals surface area contributed by atoms with Gasteiger partial charge < -0.3 is 23.4 Å². The first-order valence-electron chi connectivity index (χ1n) is 9.16. The quantitative estimate of drug-likeness (QED) is 0.594. The molecule has 0 aliphatic carbocycles. The Balaban J connectivity index is 1.50. The van der Waals surface area contributed by atoms with Crippen LogP contribution in [-0.4, -0.2) is 66.8 Å². The number of esters is 1. The Kier molecular flexibility index (Phi) is 5.07. The van der Waals surface area contributed by atoms with E-state index in [1.165, 1.54) is 19.6 Å². The topological polar surface area (TPSA) is 118 Å². The van der Waals surface area contributed by atoms with E-state index < -0.39 is 23.8 Å². The second-order valence-electron chi connectivity index (χ2n) is 6.66. The molecule has 2 unspecified atom stereocenters. The zero-order valence-corrected chi connectivity index (χ0v) is 15.7. The molecular weight excluding hydrogens is 380 g/mol. The van der Waals surface area contributed by atoms with Crippen molar-refractivity contribution < 1.29 is 28.0 Å². The summed E-state index contributed by atoms with van der Waals surface area (Å²) in [6.45, 7) is 1.83. The van der Waals surface area contributed by atoms with E-state index in [9.17, 15) is 14.4 Å². The lowest BCUT2D eigenvalue weighted by Gasteiger charge is -2.38. The molecule has 2 aromatic heterocycles. The van der Waals surface area contributed by atoms with Gasteiger partial charge in [0.05, 0.1) is 19.6 Å². The summed E-state index contributed by atoms with van der Waals surface area (Å²) in [5.41, 5.74) is 0. The summed E-state index contributed by atoms with van der Waals surface area (Å²) in [4.78, 5) is 45.3. The second-order valence-corrected chi connectivity index (χ2v) is 6.66. The zero-order valence-electron chi connectivity index (χ0n) is 15.7. The van der Waals surface area contributed by atoms with Crippen molar-refractivity contribution in [1.82, 2.24) is 15.1 Å². The highest BCUT2D eigenvalue weighted by atomic mass is 16.5. The van der Waals surface area contributed by atoms with Crippen molar-refractivity contribution in [3.8, 4) is 0 Å². The van der Waals surface area contributed by atoms with E-state index in [0.29, 0.717) is 43.7 Å². The van der Waals surface area contributed by atoms with Gasteiger partial charge in [0.15, 0.2) is 11.7 Å². The molecule has 2 aliphatic rings. The molecule has 2 atom stereocenters. The number of furan rings is 2. The number of hydrogen-bond acceptors (Lipinski definition) is 8. The Morgan fingerprint density at radius 3 is 2.48 bits per heavy atom. The van der Waals surface area contributed by atoms with Crippen molar-refractivity contribution in [2.45, 2.75) is 6.04 Å². The van der Waals surface area contributed by atoms with E-state index in [0.717, 1.165) is 0 Å². The van der Waals surface area contributed by atoms with Gasteiger partial charge >= 0.3 is 5.97 Å². The van der Waals surface area contributed by atoms with Gasteiger partial charge in [0, 0.05) is 26.2 Å². The van der Waals surface area contributed by atoms with Crippen LogP contribution in [0.1, 0.15) is 22.4 Å². The van der Waals surface area contributed by atoms with Crippen molar-refractivity contribution in [1.29, 1.82) is 0 Å². The van der Waals surface area contributed by atoms with Gasteiger partial charge in [0.2, 0.25) is 11.9 Å². The van der Waals surface area contributed by atoms with Crippen molar-refractivity contribution in [2.24, 2.45) is 10.9 Å². The molecule has 152 valence electrons. The van der Waals surface area contributed by atoms with Gasteiger partial charge in [-0.05, 0) is 24.3 Å².